The van der Waals surface area contributed by atoms with Crippen LogP contribution in [0.15, 0.2) is 12.7 Å². The second kappa shape index (κ2) is 4.39. The van der Waals surface area contributed by atoms with Gasteiger partial charge >= 0.3 is 0 Å². The van der Waals surface area contributed by atoms with E-state index in [-0.39, 0.29) is 12.5 Å². The topological polar surface area (TPSA) is 58.6 Å². The summed E-state index contributed by atoms with van der Waals surface area (Å²) in [5.74, 6) is -0.250. The molecule has 4 heteroatoms. The minimum atomic E-state index is -0.795. The van der Waals surface area contributed by atoms with Crippen LogP contribution in [0, 0.1) is 0 Å². The minimum absolute atomic E-state index is 0.250. The molecule has 74 valence electrons. The van der Waals surface area contributed by atoms with E-state index >= 15 is 0 Å². The third-order valence-corrected chi connectivity index (χ3v) is 2.20. The Balaban J connectivity index is 2.32. The van der Waals surface area contributed by atoms with Crippen LogP contribution in [0.1, 0.15) is 12.8 Å². The molecular weight excluding hydrogens is 170 g/mol. The SMILES string of the molecule is C=CC(=O)NCC1(O)CCOCC1. The summed E-state index contributed by atoms with van der Waals surface area (Å²) in [7, 11) is 0. The molecule has 0 saturated carbocycles. The highest BCUT2D eigenvalue weighted by molar-refractivity contribution is 5.86. The molecule has 1 heterocycles. The number of carbonyl (C=O) groups excluding carboxylic acids is 1. The summed E-state index contributed by atoms with van der Waals surface area (Å²) < 4.78 is 5.11. The van der Waals surface area contributed by atoms with Gasteiger partial charge in [0.25, 0.3) is 0 Å². The highest BCUT2D eigenvalue weighted by atomic mass is 16.5. The zero-order valence-corrected chi connectivity index (χ0v) is 7.58. The Morgan fingerprint density at radius 1 is 1.62 bits per heavy atom. The highest BCUT2D eigenvalue weighted by Crippen LogP contribution is 2.18. The van der Waals surface area contributed by atoms with Crippen LogP contribution in [-0.4, -0.2) is 36.4 Å². The standard InChI is InChI=1S/C9H15NO3/c1-2-8(11)10-7-9(12)3-5-13-6-4-9/h2,12H,1,3-7H2,(H,10,11). The summed E-state index contributed by atoms with van der Waals surface area (Å²) in [5, 5.41) is 12.5. The number of ether oxygens (including phenoxy) is 1. The normalized spacial score (nSPS) is 20.7. The second-order valence-corrected chi connectivity index (χ2v) is 3.26. The summed E-state index contributed by atoms with van der Waals surface area (Å²) in [6.07, 6.45) is 2.34. The lowest BCUT2D eigenvalue weighted by molar-refractivity contribution is -0.119. The van der Waals surface area contributed by atoms with E-state index in [1.165, 1.54) is 6.08 Å². The first kappa shape index (κ1) is 10.2. The van der Waals surface area contributed by atoms with Gasteiger partial charge in [-0.2, -0.15) is 0 Å². The molecule has 0 aromatic carbocycles. The molecule has 1 saturated heterocycles. The van der Waals surface area contributed by atoms with Crippen molar-refractivity contribution in [2.24, 2.45) is 0 Å². The molecule has 0 aromatic rings. The maximum atomic E-state index is 10.8. The summed E-state index contributed by atoms with van der Waals surface area (Å²) >= 11 is 0. The van der Waals surface area contributed by atoms with E-state index in [0.717, 1.165) is 0 Å². The Morgan fingerprint density at radius 3 is 2.77 bits per heavy atom. The fourth-order valence-electron chi connectivity index (χ4n) is 1.25. The molecule has 0 aromatic heterocycles. The third kappa shape index (κ3) is 3.16. The molecule has 0 unspecified atom stereocenters. The largest absolute Gasteiger partial charge is 0.388 e. The minimum Gasteiger partial charge on any atom is -0.388 e. The summed E-state index contributed by atoms with van der Waals surface area (Å²) in [6, 6.07) is 0. The monoisotopic (exact) mass is 185 g/mol. The van der Waals surface area contributed by atoms with E-state index in [2.05, 4.69) is 11.9 Å². The molecule has 0 bridgehead atoms. The molecule has 0 radical (unpaired) electrons. The Morgan fingerprint density at radius 2 is 2.23 bits per heavy atom. The van der Waals surface area contributed by atoms with Crippen molar-refractivity contribution in [2.75, 3.05) is 19.8 Å². The van der Waals surface area contributed by atoms with Gasteiger partial charge in [-0.25, -0.2) is 0 Å². The van der Waals surface area contributed by atoms with Gasteiger partial charge in [0.2, 0.25) is 5.91 Å². The average molecular weight is 185 g/mol. The fraction of sp³-hybridized carbons (Fsp3) is 0.667. The first-order valence-electron chi connectivity index (χ1n) is 4.37. The molecule has 2 N–H and O–H groups in total. The van der Waals surface area contributed by atoms with Crippen molar-refractivity contribution in [2.45, 2.75) is 18.4 Å². The molecule has 0 spiro atoms. The number of nitrogens with one attached hydrogen (secondary N) is 1. The quantitative estimate of drug-likeness (QED) is 0.600. The van der Waals surface area contributed by atoms with E-state index in [0.29, 0.717) is 26.1 Å². The van der Waals surface area contributed by atoms with Gasteiger partial charge in [-0.1, -0.05) is 6.58 Å². The average Bonchev–Trinajstić information content (AvgIpc) is 2.15. The highest BCUT2D eigenvalue weighted by Gasteiger charge is 2.29. The van der Waals surface area contributed by atoms with Crippen molar-refractivity contribution < 1.29 is 14.6 Å². The second-order valence-electron chi connectivity index (χ2n) is 3.26. The third-order valence-electron chi connectivity index (χ3n) is 2.20. The fourth-order valence-corrected chi connectivity index (χ4v) is 1.25. The Hall–Kier alpha value is -0.870. The number of aliphatic hydroxyl groups is 1. The van der Waals surface area contributed by atoms with Gasteiger partial charge in [-0.05, 0) is 6.08 Å². The number of amides is 1. The van der Waals surface area contributed by atoms with Gasteiger partial charge < -0.3 is 15.2 Å². The molecule has 1 amide bonds. The number of hydrogen-bond donors (Lipinski definition) is 2. The predicted octanol–water partition coefficient (Wildman–Crippen LogP) is -0.170. The summed E-state index contributed by atoms with van der Waals surface area (Å²) in [4.78, 5) is 10.8. The Kier molecular flexibility index (Phi) is 3.45. The van der Waals surface area contributed by atoms with Crippen molar-refractivity contribution in [3.8, 4) is 0 Å². The van der Waals surface area contributed by atoms with Crippen LogP contribution < -0.4 is 5.32 Å². The van der Waals surface area contributed by atoms with E-state index in [4.69, 9.17) is 4.74 Å². The number of hydrogen-bond acceptors (Lipinski definition) is 3. The van der Waals surface area contributed by atoms with Gasteiger partial charge in [-0.3, -0.25) is 4.79 Å². The van der Waals surface area contributed by atoms with Gasteiger partial charge in [0.05, 0.1) is 5.60 Å². The lowest BCUT2D eigenvalue weighted by Gasteiger charge is -2.31. The van der Waals surface area contributed by atoms with E-state index in [1.807, 2.05) is 0 Å². The van der Waals surface area contributed by atoms with Gasteiger partial charge in [0.1, 0.15) is 0 Å². The van der Waals surface area contributed by atoms with Crippen LogP contribution in [0.3, 0.4) is 0 Å². The van der Waals surface area contributed by atoms with Crippen LogP contribution in [0.4, 0.5) is 0 Å². The van der Waals surface area contributed by atoms with E-state index in [9.17, 15) is 9.90 Å². The van der Waals surface area contributed by atoms with Gasteiger partial charge in [0, 0.05) is 32.6 Å². The van der Waals surface area contributed by atoms with Crippen molar-refractivity contribution in [1.29, 1.82) is 0 Å². The lowest BCUT2D eigenvalue weighted by atomic mass is 9.94. The molecule has 1 rings (SSSR count). The number of carbonyl (C=O) groups is 1. The summed E-state index contributed by atoms with van der Waals surface area (Å²) in [5.41, 5.74) is -0.795. The molecular formula is C9H15NO3. The van der Waals surface area contributed by atoms with E-state index < -0.39 is 5.60 Å². The van der Waals surface area contributed by atoms with Gasteiger partial charge in [-0.15, -0.1) is 0 Å². The maximum Gasteiger partial charge on any atom is 0.243 e. The molecule has 1 fully saturated rings. The van der Waals surface area contributed by atoms with Crippen LogP contribution >= 0.6 is 0 Å². The molecule has 0 aliphatic carbocycles. The van der Waals surface area contributed by atoms with Crippen molar-refractivity contribution >= 4 is 5.91 Å². The smallest absolute Gasteiger partial charge is 0.243 e. The van der Waals surface area contributed by atoms with Crippen LogP contribution in [0.25, 0.3) is 0 Å². The van der Waals surface area contributed by atoms with Crippen LogP contribution in [-0.2, 0) is 9.53 Å². The maximum absolute atomic E-state index is 10.8. The van der Waals surface area contributed by atoms with Gasteiger partial charge in [0.15, 0.2) is 0 Å². The molecule has 1 aliphatic heterocycles. The Labute approximate surface area is 77.6 Å². The molecule has 13 heavy (non-hydrogen) atoms. The van der Waals surface area contributed by atoms with Crippen molar-refractivity contribution in [1.82, 2.24) is 5.32 Å². The molecule has 0 atom stereocenters. The van der Waals surface area contributed by atoms with Crippen molar-refractivity contribution in [3.05, 3.63) is 12.7 Å². The first-order chi connectivity index (χ1) is 6.16. The predicted molar refractivity (Wildman–Crippen MR) is 48.2 cm³/mol. The van der Waals surface area contributed by atoms with E-state index in [1.54, 1.807) is 0 Å². The first-order valence-corrected chi connectivity index (χ1v) is 4.37. The zero-order chi connectivity index (χ0) is 9.73. The van der Waals surface area contributed by atoms with Crippen LogP contribution in [0.2, 0.25) is 0 Å². The van der Waals surface area contributed by atoms with Crippen molar-refractivity contribution in [3.63, 3.8) is 0 Å². The summed E-state index contributed by atoms with van der Waals surface area (Å²) in [6.45, 7) is 4.72. The molecule has 4 nitrogen and oxygen atoms in total. The lowest BCUT2D eigenvalue weighted by Crippen LogP contribution is -2.46. The Bertz CT molecular complexity index is 197. The molecule has 1 aliphatic rings. The van der Waals surface area contributed by atoms with Crippen LogP contribution in [0.5, 0.6) is 0 Å². The number of rotatable bonds is 3. The zero-order valence-electron chi connectivity index (χ0n) is 7.58.